The van der Waals surface area contributed by atoms with Gasteiger partial charge in [0.2, 0.25) is 0 Å². The molecule has 0 spiro atoms. The van der Waals surface area contributed by atoms with Gasteiger partial charge in [0, 0.05) is 0 Å². The molecule has 0 unspecified atom stereocenters. The fraction of sp³-hybridized carbons (Fsp3) is 1.00. The molecule has 0 aromatic carbocycles. The Hall–Kier alpha value is -1.11. The first kappa shape index (κ1) is 35.9. The molecule has 2 nitrogen and oxygen atoms in total. The van der Waals surface area contributed by atoms with Crippen molar-refractivity contribution in [3.63, 3.8) is 0 Å². The summed E-state index contributed by atoms with van der Waals surface area (Å²) in [6.07, 6.45) is -8.08. The highest BCUT2D eigenvalue weighted by Gasteiger charge is 2.98. The van der Waals surface area contributed by atoms with Crippen LogP contribution < -0.4 is 0 Å². The van der Waals surface area contributed by atoms with Crippen molar-refractivity contribution in [3.8, 4) is 0 Å². The third-order valence-corrected chi connectivity index (χ3v) is 8.47. The van der Waals surface area contributed by atoms with E-state index in [2.05, 4.69) is 0 Å². The van der Waals surface area contributed by atoms with Gasteiger partial charge in [0.05, 0.1) is 0 Å². The fourth-order valence-electron chi connectivity index (χ4n) is 1.72. The fourth-order valence-corrected chi connectivity index (χ4v) is 5.56. The number of alkyl halides is 17. The average molecular weight is 668 g/mol. The Bertz CT molecular complexity index is 825. The number of rotatable bonds is 11. The third kappa shape index (κ3) is 5.49. The summed E-state index contributed by atoms with van der Waals surface area (Å²) in [6.45, 7) is 0. The first-order valence-corrected chi connectivity index (χ1v) is 12.1. The van der Waals surface area contributed by atoms with Gasteiger partial charge in [0.1, 0.15) is 0 Å². The Morgan fingerprint density at radius 3 is 0.892 bits per heavy atom. The molecular weight excluding hydrogens is 668 g/mol. The molecule has 0 aromatic heterocycles. The quantitative estimate of drug-likeness (QED) is 0.132. The summed E-state index contributed by atoms with van der Waals surface area (Å²) in [6, 6.07) is 0. The lowest BCUT2D eigenvalue weighted by Crippen LogP contribution is -2.77. The highest BCUT2D eigenvalue weighted by molar-refractivity contribution is 6.76. The van der Waals surface area contributed by atoms with Gasteiger partial charge in [0.15, 0.2) is 0 Å². The summed E-state index contributed by atoms with van der Waals surface area (Å²) in [5.41, 5.74) is -8.72. The minimum atomic E-state index is -10.1. The molecule has 37 heavy (non-hydrogen) atoms. The molecule has 0 heterocycles. The van der Waals surface area contributed by atoms with Crippen molar-refractivity contribution in [2.45, 2.75) is 47.3 Å². The molecule has 29 heteroatoms. The average Bonchev–Trinajstić information content (AvgIpc) is 2.56. The van der Waals surface area contributed by atoms with Crippen molar-refractivity contribution in [3.05, 3.63) is 0 Å². The van der Waals surface area contributed by atoms with Crippen LogP contribution in [0.15, 0.2) is 0 Å². The maximum Gasteiger partial charge on any atom is 0.797 e. The van der Waals surface area contributed by atoms with Gasteiger partial charge in [-0.05, 0) is 0 Å². The van der Waals surface area contributed by atoms with Crippen molar-refractivity contribution >= 4 is 27.5 Å². The van der Waals surface area contributed by atoms with Crippen LogP contribution in [0.2, 0.25) is 0 Å². The normalized spacial score (nSPS) is 16.9. The highest BCUT2D eigenvalue weighted by Crippen LogP contribution is 2.65. The second kappa shape index (κ2) is 8.96. The summed E-state index contributed by atoms with van der Waals surface area (Å²) < 4.78 is 310. The van der Waals surface area contributed by atoms with E-state index in [4.69, 9.17) is 0 Å². The zero-order chi connectivity index (χ0) is 30.9. The molecule has 0 amide bonds. The lowest BCUT2D eigenvalue weighted by Gasteiger charge is -2.43. The monoisotopic (exact) mass is 668 g/mol. The van der Waals surface area contributed by atoms with Crippen molar-refractivity contribution in [1.82, 2.24) is 0 Å². The van der Waals surface area contributed by atoms with Gasteiger partial charge in [-0.25, -0.2) is 28.8 Å². The van der Waals surface area contributed by atoms with E-state index in [1.165, 1.54) is 4.12 Å². The zero-order valence-electron chi connectivity index (χ0n) is 15.4. The molecule has 0 radical (unpaired) electrons. The molecule has 0 aliphatic rings. The van der Waals surface area contributed by atoms with Gasteiger partial charge in [-0.15, -0.1) is 0 Å². The molecule has 0 rings (SSSR count). The lowest BCUT2D eigenvalue weighted by atomic mass is 9.91. The van der Waals surface area contributed by atoms with E-state index in [1.807, 2.05) is 0 Å². The maximum absolute atomic E-state index is 13.4. The van der Waals surface area contributed by atoms with E-state index in [9.17, 15) is 103 Å². The van der Waals surface area contributed by atoms with Crippen LogP contribution in [0.1, 0.15) is 0 Å². The number of halogens is 24. The number of hydrogen-bond donors (Lipinski definition) is 0. The first-order chi connectivity index (χ1) is 15.4. The van der Waals surface area contributed by atoms with Gasteiger partial charge in [0.25, 0.3) is 0 Å². The first-order valence-electron chi connectivity index (χ1n) is 7.35. The topological polar surface area (TPSA) is 18.5 Å². The van der Waals surface area contributed by atoms with E-state index in [1.54, 1.807) is 4.12 Å². The van der Waals surface area contributed by atoms with Gasteiger partial charge >= 0.3 is 74.8 Å². The van der Waals surface area contributed by atoms with E-state index in [0.29, 0.717) is 0 Å². The largest absolute Gasteiger partial charge is 0.797 e. The van der Waals surface area contributed by atoms with Crippen LogP contribution in [-0.4, -0.2) is 74.8 Å². The predicted molar refractivity (Wildman–Crippen MR) is 67.9 cm³/mol. The van der Waals surface area contributed by atoms with Crippen molar-refractivity contribution in [1.29, 1.82) is 0 Å². The zero-order valence-corrected chi connectivity index (χ0v) is 18.4. The van der Waals surface area contributed by atoms with Gasteiger partial charge in [-0.1, -0.05) is 0 Å². The minimum Gasteiger partial charge on any atom is -0.333 e. The van der Waals surface area contributed by atoms with E-state index in [-0.39, 0.29) is 0 Å². The molecule has 0 atom stereocenters. The standard InChI is InChI=1S/C8F24O2Si3/c9-1(10,3(13,14)5(17,18)7(21,22)23)2(11,12)4(15,16)6(19,20)8(24,25)35(26,27)33-37(31,32)34-36(28,29)30. The molecule has 0 saturated carbocycles. The molecule has 224 valence electrons. The van der Waals surface area contributed by atoms with Crippen molar-refractivity contribution < 1.29 is 112 Å². The van der Waals surface area contributed by atoms with Crippen LogP contribution in [0.4, 0.5) is 103 Å². The summed E-state index contributed by atoms with van der Waals surface area (Å²) in [5, 5.41) is 0. The predicted octanol–water partition coefficient (Wildman–Crippen LogP) is 7.16. The van der Waals surface area contributed by atoms with E-state index >= 15 is 0 Å². The van der Waals surface area contributed by atoms with E-state index in [0.717, 1.165) is 0 Å². The number of hydrogen-bond acceptors (Lipinski definition) is 2. The van der Waals surface area contributed by atoms with Crippen LogP contribution in [0.5, 0.6) is 0 Å². The van der Waals surface area contributed by atoms with Crippen LogP contribution in [0.3, 0.4) is 0 Å². The van der Waals surface area contributed by atoms with Crippen LogP contribution in [0, 0.1) is 0 Å². The van der Waals surface area contributed by atoms with Gasteiger partial charge < -0.3 is 8.23 Å². The second-order valence-corrected chi connectivity index (χ2v) is 11.3. The molecule has 0 aliphatic heterocycles. The third-order valence-electron chi connectivity index (χ3n) is 3.57. The Balaban J connectivity index is 6.85. The summed E-state index contributed by atoms with van der Waals surface area (Å²) in [4.78, 5) is 0. The summed E-state index contributed by atoms with van der Waals surface area (Å²) in [5.74, 6) is -54.4. The Kier molecular flexibility index (Phi) is 8.69. The molecule has 0 bridgehead atoms. The lowest BCUT2D eigenvalue weighted by molar-refractivity contribution is -0.459. The van der Waals surface area contributed by atoms with Crippen molar-refractivity contribution in [2.75, 3.05) is 0 Å². The molecule has 0 aliphatic carbocycles. The second-order valence-electron chi connectivity index (χ2n) is 6.15. The molecule has 0 N–H and O–H groups in total. The Morgan fingerprint density at radius 1 is 0.351 bits per heavy atom. The molecule has 0 fully saturated rings. The molecule has 0 saturated heterocycles. The summed E-state index contributed by atoms with van der Waals surface area (Å²) in [7, 11) is -27.3. The van der Waals surface area contributed by atoms with Crippen LogP contribution in [0.25, 0.3) is 0 Å². The summed E-state index contributed by atoms with van der Waals surface area (Å²) >= 11 is 0. The van der Waals surface area contributed by atoms with E-state index < -0.39 is 74.8 Å². The van der Waals surface area contributed by atoms with Gasteiger partial charge in [-0.2, -0.15) is 74.6 Å². The van der Waals surface area contributed by atoms with Crippen LogP contribution >= 0.6 is 0 Å². The Morgan fingerprint density at radius 2 is 0.622 bits per heavy atom. The smallest absolute Gasteiger partial charge is 0.333 e. The highest BCUT2D eigenvalue weighted by atomic mass is 28.6. The molecule has 0 aromatic rings. The Labute approximate surface area is 187 Å². The minimum absolute atomic E-state index is 1.40. The SMILES string of the molecule is FC(F)(F)C(F)(F)C(F)(F)C(F)(F)C(F)(F)C(F)(F)C(F)(F)C(F)(F)[Si](F)(F)O[Si](F)(F)O[Si](F)(F)F. The van der Waals surface area contributed by atoms with Crippen molar-refractivity contribution in [2.24, 2.45) is 0 Å². The van der Waals surface area contributed by atoms with Crippen LogP contribution in [-0.2, 0) is 8.23 Å². The van der Waals surface area contributed by atoms with Gasteiger partial charge in [-0.3, -0.25) is 0 Å². The maximum atomic E-state index is 13.4. The molecular formula is C8F24O2Si3.